The summed E-state index contributed by atoms with van der Waals surface area (Å²) in [5.41, 5.74) is 1.45. The molecule has 1 aliphatic rings. The standard InChI is InChI=1S/C14H24/c1-3-4-5-6-7-8-9-14-11-10-13(2)12-14/h8-9,14H,2-7,10-12H2,1H3/b9-8+. The lowest BCUT2D eigenvalue weighted by molar-refractivity contribution is 0.662. The lowest BCUT2D eigenvalue weighted by Gasteiger charge is -2.00. The molecule has 0 aromatic carbocycles. The van der Waals surface area contributed by atoms with Crippen molar-refractivity contribution in [3.05, 3.63) is 24.3 Å². The quantitative estimate of drug-likeness (QED) is 0.416. The molecule has 1 atom stereocenters. The first kappa shape index (κ1) is 11.6. The monoisotopic (exact) mass is 192 g/mol. The predicted molar refractivity (Wildman–Crippen MR) is 64.4 cm³/mol. The molecule has 0 aliphatic heterocycles. The zero-order valence-corrected chi connectivity index (χ0v) is 9.60. The molecule has 0 spiro atoms. The van der Waals surface area contributed by atoms with Crippen molar-refractivity contribution in [1.82, 2.24) is 0 Å². The highest BCUT2D eigenvalue weighted by molar-refractivity contribution is 5.07. The predicted octanol–water partition coefficient (Wildman–Crippen LogP) is 4.87. The molecule has 1 fully saturated rings. The Labute approximate surface area is 89.1 Å². The smallest absolute Gasteiger partial charge is 0.0193 e. The Balaban J connectivity index is 2.00. The van der Waals surface area contributed by atoms with Crippen LogP contribution in [0.1, 0.15) is 58.3 Å². The van der Waals surface area contributed by atoms with Crippen LogP contribution in [0.3, 0.4) is 0 Å². The van der Waals surface area contributed by atoms with Crippen molar-refractivity contribution in [2.75, 3.05) is 0 Å². The number of rotatable bonds is 6. The van der Waals surface area contributed by atoms with Crippen molar-refractivity contribution in [3.8, 4) is 0 Å². The minimum absolute atomic E-state index is 0.814. The summed E-state index contributed by atoms with van der Waals surface area (Å²) in [5, 5.41) is 0. The number of hydrogen-bond acceptors (Lipinski definition) is 0. The summed E-state index contributed by atoms with van der Waals surface area (Å²) in [7, 11) is 0. The van der Waals surface area contributed by atoms with Crippen LogP contribution in [0.2, 0.25) is 0 Å². The molecule has 1 aliphatic carbocycles. The van der Waals surface area contributed by atoms with Crippen molar-refractivity contribution in [3.63, 3.8) is 0 Å². The maximum absolute atomic E-state index is 4.04. The summed E-state index contributed by atoms with van der Waals surface area (Å²) in [6.45, 7) is 6.30. The molecule has 0 nitrogen and oxygen atoms in total. The lowest BCUT2D eigenvalue weighted by Crippen LogP contribution is -1.85. The van der Waals surface area contributed by atoms with Gasteiger partial charge in [0.15, 0.2) is 0 Å². The van der Waals surface area contributed by atoms with Crippen molar-refractivity contribution >= 4 is 0 Å². The fourth-order valence-electron chi connectivity index (χ4n) is 2.11. The summed E-state index contributed by atoms with van der Waals surface area (Å²) in [4.78, 5) is 0. The Hall–Kier alpha value is -0.520. The Morgan fingerprint density at radius 3 is 2.86 bits per heavy atom. The summed E-state index contributed by atoms with van der Waals surface area (Å²) in [5.74, 6) is 0.814. The van der Waals surface area contributed by atoms with Gasteiger partial charge in [0.25, 0.3) is 0 Å². The number of unbranched alkanes of at least 4 members (excludes halogenated alkanes) is 4. The third-order valence-electron chi connectivity index (χ3n) is 3.05. The van der Waals surface area contributed by atoms with Gasteiger partial charge in [-0.3, -0.25) is 0 Å². The van der Waals surface area contributed by atoms with Crippen molar-refractivity contribution in [2.24, 2.45) is 5.92 Å². The molecule has 0 heteroatoms. The Morgan fingerprint density at radius 1 is 1.36 bits per heavy atom. The molecule has 0 aromatic heterocycles. The molecule has 0 saturated heterocycles. The van der Waals surface area contributed by atoms with Gasteiger partial charge in [-0.25, -0.2) is 0 Å². The Kier molecular flexibility index (Phi) is 5.66. The van der Waals surface area contributed by atoms with E-state index in [-0.39, 0.29) is 0 Å². The van der Waals surface area contributed by atoms with Gasteiger partial charge in [0.1, 0.15) is 0 Å². The topological polar surface area (TPSA) is 0 Å². The van der Waals surface area contributed by atoms with Crippen LogP contribution in [-0.2, 0) is 0 Å². The molecule has 80 valence electrons. The molecule has 0 aromatic rings. The van der Waals surface area contributed by atoms with Gasteiger partial charge in [-0.15, -0.1) is 0 Å². The molecule has 1 rings (SSSR count). The summed E-state index contributed by atoms with van der Waals surface area (Å²) in [6, 6.07) is 0. The zero-order chi connectivity index (χ0) is 10.2. The third kappa shape index (κ3) is 4.64. The summed E-state index contributed by atoms with van der Waals surface area (Å²) < 4.78 is 0. The normalized spacial score (nSPS) is 22.4. The van der Waals surface area contributed by atoms with E-state index in [1.54, 1.807) is 0 Å². The zero-order valence-electron chi connectivity index (χ0n) is 9.60. The van der Waals surface area contributed by atoms with E-state index >= 15 is 0 Å². The molecule has 0 N–H and O–H groups in total. The van der Waals surface area contributed by atoms with Crippen LogP contribution in [0.25, 0.3) is 0 Å². The fourth-order valence-corrected chi connectivity index (χ4v) is 2.11. The molecule has 14 heavy (non-hydrogen) atoms. The van der Waals surface area contributed by atoms with Gasteiger partial charge in [-0.1, -0.05) is 50.5 Å². The molecule has 1 saturated carbocycles. The molecule has 0 bridgehead atoms. The molecule has 0 heterocycles. The first-order valence-electron chi connectivity index (χ1n) is 6.16. The number of allylic oxidation sites excluding steroid dienone is 3. The molecular formula is C14H24. The fraction of sp³-hybridized carbons (Fsp3) is 0.714. The van der Waals surface area contributed by atoms with Gasteiger partial charge in [-0.2, -0.15) is 0 Å². The van der Waals surface area contributed by atoms with Crippen LogP contribution in [0.4, 0.5) is 0 Å². The second kappa shape index (κ2) is 6.86. The summed E-state index contributed by atoms with van der Waals surface area (Å²) >= 11 is 0. The van der Waals surface area contributed by atoms with Crippen molar-refractivity contribution < 1.29 is 0 Å². The molecule has 0 radical (unpaired) electrons. The van der Waals surface area contributed by atoms with Gasteiger partial charge in [0, 0.05) is 0 Å². The van der Waals surface area contributed by atoms with E-state index in [0.29, 0.717) is 0 Å². The van der Waals surface area contributed by atoms with Crippen LogP contribution in [0.5, 0.6) is 0 Å². The Morgan fingerprint density at radius 2 is 2.21 bits per heavy atom. The summed E-state index contributed by atoms with van der Waals surface area (Å²) in [6.07, 6.45) is 15.4. The lowest BCUT2D eigenvalue weighted by atomic mass is 10.1. The third-order valence-corrected chi connectivity index (χ3v) is 3.05. The van der Waals surface area contributed by atoms with E-state index < -0.39 is 0 Å². The van der Waals surface area contributed by atoms with E-state index in [1.165, 1.54) is 56.9 Å². The average Bonchev–Trinajstić information content (AvgIpc) is 2.58. The largest absolute Gasteiger partial charge is 0.0998 e. The van der Waals surface area contributed by atoms with Crippen LogP contribution < -0.4 is 0 Å². The van der Waals surface area contributed by atoms with Gasteiger partial charge in [0.05, 0.1) is 0 Å². The SMILES string of the molecule is C=C1CCC(/C=C/CCCCCC)C1. The molecule has 0 amide bonds. The van der Waals surface area contributed by atoms with Crippen LogP contribution in [-0.4, -0.2) is 0 Å². The second-order valence-electron chi connectivity index (χ2n) is 4.53. The highest BCUT2D eigenvalue weighted by atomic mass is 14.2. The van der Waals surface area contributed by atoms with Crippen LogP contribution in [0.15, 0.2) is 24.3 Å². The average molecular weight is 192 g/mol. The van der Waals surface area contributed by atoms with E-state index in [9.17, 15) is 0 Å². The maximum atomic E-state index is 4.04. The van der Waals surface area contributed by atoms with Gasteiger partial charge in [0.2, 0.25) is 0 Å². The molecule has 1 unspecified atom stereocenters. The number of hydrogen-bond donors (Lipinski definition) is 0. The highest BCUT2D eigenvalue weighted by Gasteiger charge is 2.14. The van der Waals surface area contributed by atoms with Gasteiger partial charge >= 0.3 is 0 Å². The van der Waals surface area contributed by atoms with Crippen LogP contribution in [0, 0.1) is 5.92 Å². The van der Waals surface area contributed by atoms with Crippen molar-refractivity contribution in [2.45, 2.75) is 58.3 Å². The van der Waals surface area contributed by atoms with E-state index in [0.717, 1.165) is 5.92 Å². The minimum atomic E-state index is 0.814. The first-order valence-corrected chi connectivity index (χ1v) is 6.16. The highest BCUT2D eigenvalue weighted by Crippen LogP contribution is 2.29. The Bertz CT molecular complexity index is 188. The van der Waals surface area contributed by atoms with Gasteiger partial charge in [-0.05, 0) is 38.0 Å². The first-order chi connectivity index (χ1) is 6.83. The van der Waals surface area contributed by atoms with Crippen LogP contribution >= 0.6 is 0 Å². The second-order valence-corrected chi connectivity index (χ2v) is 4.53. The minimum Gasteiger partial charge on any atom is -0.0998 e. The van der Waals surface area contributed by atoms with Crippen molar-refractivity contribution in [1.29, 1.82) is 0 Å². The van der Waals surface area contributed by atoms with E-state index in [4.69, 9.17) is 0 Å². The van der Waals surface area contributed by atoms with E-state index in [2.05, 4.69) is 25.7 Å². The van der Waals surface area contributed by atoms with Gasteiger partial charge < -0.3 is 0 Å². The van der Waals surface area contributed by atoms with E-state index in [1.807, 2.05) is 0 Å². The molecular weight excluding hydrogens is 168 g/mol. The maximum Gasteiger partial charge on any atom is -0.0193 e.